The molecule has 0 atom stereocenters. The molecule has 1 aromatic rings. The summed E-state index contributed by atoms with van der Waals surface area (Å²) in [5.74, 6) is 1.76. The number of benzene rings is 1. The molecule has 1 aliphatic rings. The zero-order valence-corrected chi connectivity index (χ0v) is 9.95. The fourth-order valence-corrected chi connectivity index (χ4v) is 1.63. The minimum atomic E-state index is 0.679. The lowest BCUT2D eigenvalue weighted by atomic mass is 10.1. The third-order valence-corrected chi connectivity index (χ3v) is 2.79. The molecule has 0 radical (unpaired) electrons. The van der Waals surface area contributed by atoms with E-state index in [1.165, 1.54) is 18.4 Å². The van der Waals surface area contributed by atoms with Crippen molar-refractivity contribution in [3.8, 4) is 5.75 Å². The van der Waals surface area contributed by atoms with Gasteiger partial charge in [0.2, 0.25) is 0 Å². The Morgan fingerprint density at radius 3 is 2.88 bits per heavy atom. The average Bonchev–Trinajstić information content (AvgIpc) is 3.09. The largest absolute Gasteiger partial charge is 0.493 e. The fraction of sp³-hybridized carbons (Fsp3) is 0.538. The Morgan fingerprint density at radius 1 is 1.38 bits per heavy atom. The first-order valence-corrected chi connectivity index (χ1v) is 5.78. The number of rotatable bonds is 6. The van der Waals surface area contributed by atoms with E-state index in [1.54, 1.807) is 7.11 Å². The molecule has 1 aromatic carbocycles. The normalized spacial score (nSPS) is 15.1. The van der Waals surface area contributed by atoms with E-state index in [4.69, 9.17) is 9.57 Å². The highest BCUT2D eigenvalue weighted by Gasteiger charge is 2.22. The van der Waals surface area contributed by atoms with Gasteiger partial charge in [0.15, 0.2) is 0 Å². The highest BCUT2D eigenvalue weighted by atomic mass is 16.6. The van der Waals surface area contributed by atoms with Gasteiger partial charge in [-0.2, -0.15) is 5.48 Å². The van der Waals surface area contributed by atoms with Gasteiger partial charge in [0.05, 0.1) is 13.7 Å². The van der Waals surface area contributed by atoms with Crippen molar-refractivity contribution in [3.05, 3.63) is 29.3 Å². The zero-order valence-electron chi connectivity index (χ0n) is 9.95. The van der Waals surface area contributed by atoms with Crippen molar-refractivity contribution in [1.82, 2.24) is 5.48 Å². The van der Waals surface area contributed by atoms with Crippen molar-refractivity contribution >= 4 is 0 Å². The summed E-state index contributed by atoms with van der Waals surface area (Å²) in [5, 5.41) is 0. The van der Waals surface area contributed by atoms with Crippen molar-refractivity contribution in [2.45, 2.75) is 26.3 Å². The molecule has 1 fully saturated rings. The van der Waals surface area contributed by atoms with Gasteiger partial charge in [-0.3, -0.25) is 0 Å². The minimum absolute atomic E-state index is 0.679. The Kier molecular flexibility index (Phi) is 3.80. The predicted molar refractivity (Wildman–Crippen MR) is 63.2 cm³/mol. The Hall–Kier alpha value is -1.06. The smallest absolute Gasteiger partial charge is 0.123 e. The first-order valence-electron chi connectivity index (χ1n) is 5.78. The molecule has 0 unspecified atom stereocenters. The quantitative estimate of drug-likeness (QED) is 0.748. The molecule has 2 rings (SSSR count). The summed E-state index contributed by atoms with van der Waals surface area (Å²) in [6, 6.07) is 6.26. The maximum atomic E-state index is 5.82. The van der Waals surface area contributed by atoms with E-state index in [-0.39, 0.29) is 0 Å². The predicted octanol–water partition coefficient (Wildman–Crippen LogP) is 2.43. The number of ether oxygens (including phenoxy) is 1. The lowest BCUT2D eigenvalue weighted by Crippen LogP contribution is -2.12. The summed E-state index contributed by atoms with van der Waals surface area (Å²) < 4.78 is 5.82. The molecule has 88 valence electrons. The van der Waals surface area contributed by atoms with Crippen LogP contribution in [0, 0.1) is 12.8 Å². The van der Waals surface area contributed by atoms with E-state index in [0.717, 1.165) is 23.8 Å². The number of nitrogens with one attached hydrogen (secondary N) is 1. The van der Waals surface area contributed by atoms with E-state index >= 15 is 0 Å². The van der Waals surface area contributed by atoms with Gasteiger partial charge < -0.3 is 9.57 Å². The molecule has 0 bridgehead atoms. The first-order chi connectivity index (χ1) is 7.79. The second-order valence-electron chi connectivity index (χ2n) is 4.39. The van der Waals surface area contributed by atoms with Crippen LogP contribution >= 0.6 is 0 Å². The monoisotopic (exact) mass is 221 g/mol. The van der Waals surface area contributed by atoms with Gasteiger partial charge in [0.1, 0.15) is 5.75 Å². The van der Waals surface area contributed by atoms with Gasteiger partial charge in [-0.1, -0.05) is 17.7 Å². The van der Waals surface area contributed by atoms with Crippen molar-refractivity contribution in [3.63, 3.8) is 0 Å². The van der Waals surface area contributed by atoms with Crippen LogP contribution in [0.3, 0.4) is 0 Å². The minimum Gasteiger partial charge on any atom is -0.493 e. The zero-order chi connectivity index (χ0) is 11.4. The van der Waals surface area contributed by atoms with Crippen LogP contribution in [0.5, 0.6) is 5.75 Å². The van der Waals surface area contributed by atoms with Gasteiger partial charge in [-0.15, -0.1) is 0 Å². The average molecular weight is 221 g/mol. The molecule has 1 saturated carbocycles. The summed E-state index contributed by atoms with van der Waals surface area (Å²) in [5.41, 5.74) is 5.25. The summed E-state index contributed by atoms with van der Waals surface area (Å²) in [6.07, 6.45) is 2.63. The number of hydrogen-bond donors (Lipinski definition) is 1. The van der Waals surface area contributed by atoms with Crippen LogP contribution in [-0.4, -0.2) is 13.7 Å². The van der Waals surface area contributed by atoms with Gasteiger partial charge in [0, 0.05) is 12.1 Å². The van der Waals surface area contributed by atoms with Crippen molar-refractivity contribution < 1.29 is 9.57 Å². The second kappa shape index (κ2) is 5.32. The molecule has 3 heteroatoms. The number of hydroxylamine groups is 1. The van der Waals surface area contributed by atoms with E-state index in [0.29, 0.717) is 6.54 Å². The lowest BCUT2D eigenvalue weighted by Gasteiger charge is -2.12. The summed E-state index contributed by atoms with van der Waals surface area (Å²) in [4.78, 5) is 4.87. The molecule has 3 nitrogen and oxygen atoms in total. The van der Waals surface area contributed by atoms with Crippen LogP contribution in [0.4, 0.5) is 0 Å². The highest BCUT2D eigenvalue weighted by Crippen LogP contribution is 2.30. The molecule has 0 aromatic heterocycles. The van der Waals surface area contributed by atoms with E-state index in [2.05, 4.69) is 24.5 Å². The van der Waals surface area contributed by atoms with E-state index in [9.17, 15) is 0 Å². The number of aryl methyl sites for hydroxylation is 1. The SMILES string of the molecule is CONCc1cc(C)ccc1OCC1CC1. The molecule has 0 spiro atoms. The van der Waals surface area contributed by atoms with Crippen LogP contribution in [-0.2, 0) is 11.4 Å². The Morgan fingerprint density at radius 2 is 2.19 bits per heavy atom. The molecular weight excluding hydrogens is 202 g/mol. The van der Waals surface area contributed by atoms with Crippen LogP contribution in [0.15, 0.2) is 18.2 Å². The molecule has 0 amide bonds. The Labute approximate surface area is 96.7 Å². The van der Waals surface area contributed by atoms with Crippen molar-refractivity contribution in [2.24, 2.45) is 5.92 Å². The Balaban J connectivity index is 2.00. The van der Waals surface area contributed by atoms with E-state index in [1.807, 2.05) is 6.07 Å². The molecule has 0 saturated heterocycles. The summed E-state index contributed by atoms with van der Waals surface area (Å²) >= 11 is 0. The topological polar surface area (TPSA) is 30.5 Å². The van der Waals surface area contributed by atoms with Crippen molar-refractivity contribution in [2.75, 3.05) is 13.7 Å². The summed E-state index contributed by atoms with van der Waals surface area (Å²) in [7, 11) is 1.63. The van der Waals surface area contributed by atoms with Crippen molar-refractivity contribution in [1.29, 1.82) is 0 Å². The molecule has 1 aliphatic carbocycles. The standard InChI is InChI=1S/C13H19NO2/c1-10-3-6-13(16-9-11-4-5-11)12(7-10)8-14-15-2/h3,6-7,11,14H,4-5,8-9H2,1-2H3. The van der Waals surface area contributed by atoms with Gasteiger partial charge in [0.25, 0.3) is 0 Å². The third-order valence-electron chi connectivity index (χ3n) is 2.79. The van der Waals surface area contributed by atoms with Gasteiger partial charge in [-0.25, -0.2) is 0 Å². The Bertz CT molecular complexity index is 348. The van der Waals surface area contributed by atoms with Crippen LogP contribution in [0.25, 0.3) is 0 Å². The fourth-order valence-electron chi connectivity index (χ4n) is 1.63. The van der Waals surface area contributed by atoms with Gasteiger partial charge in [-0.05, 0) is 31.7 Å². The molecule has 16 heavy (non-hydrogen) atoms. The van der Waals surface area contributed by atoms with Crippen LogP contribution < -0.4 is 10.2 Å². The van der Waals surface area contributed by atoms with Gasteiger partial charge >= 0.3 is 0 Å². The maximum Gasteiger partial charge on any atom is 0.123 e. The second-order valence-corrected chi connectivity index (χ2v) is 4.39. The molecular formula is C13H19NO2. The molecule has 0 heterocycles. The highest BCUT2D eigenvalue weighted by molar-refractivity contribution is 5.36. The lowest BCUT2D eigenvalue weighted by molar-refractivity contribution is 0.0859. The third kappa shape index (κ3) is 3.22. The van der Waals surface area contributed by atoms with Crippen LogP contribution in [0.2, 0.25) is 0 Å². The molecule has 1 N–H and O–H groups in total. The van der Waals surface area contributed by atoms with E-state index < -0.39 is 0 Å². The first kappa shape index (κ1) is 11.4. The van der Waals surface area contributed by atoms with Crippen LogP contribution in [0.1, 0.15) is 24.0 Å². The summed E-state index contributed by atoms with van der Waals surface area (Å²) in [6.45, 7) is 3.61. The maximum absolute atomic E-state index is 5.82. The number of hydrogen-bond acceptors (Lipinski definition) is 3. The molecule has 0 aliphatic heterocycles.